The van der Waals surface area contributed by atoms with E-state index in [4.69, 9.17) is 17.3 Å². The molecular weight excluding hydrogens is 294 g/mol. The first kappa shape index (κ1) is 15.6. The molecule has 1 atom stereocenters. The van der Waals surface area contributed by atoms with Gasteiger partial charge in [-0.05, 0) is 24.8 Å². The molecule has 1 heterocycles. The van der Waals surface area contributed by atoms with E-state index in [9.17, 15) is 14.9 Å². The third-order valence-electron chi connectivity index (χ3n) is 3.88. The number of benzene rings is 1. The Labute approximate surface area is 128 Å². The molecule has 7 heteroatoms. The lowest BCUT2D eigenvalue weighted by atomic mass is 10.0. The first-order valence-corrected chi connectivity index (χ1v) is 7.25. The van der Waals surface area contributed by atoms with E-state index in [1.807, 2.05) is 0 Å². The molecule has 1 fully saturated rings. The number of nitro benzene ring substituents is 1. The maximum absolute atomic E-state index is 12.6. The lowest BCUT2D eigenvalue weighted by Crippen LogP contribution is -2.38. The van der Waals surface area contributed by atoms with Crippen LogP contribution in [-0.4, -0.2) is 28.3 Å². The van der Waals surface area contributed by atoms with Crippen molar-refractivity contribution >= 4 is 28.9 Å². The van der Waals surface area contributed by atoms with Gasteiger partial charge in [0.15, 0.2) is 0 Å². The highest BCUT2D eigenvalue weighted by Gasteiger charge is 2.32. The summed E-state index contributed by atoms with van der Waals surface area (Å²) in [5.41, 5.74) is 5.36. The van der Waals surface area contributed by atoms with Gasteiger partial charge in [0.1, 0.15) is 5.69 Å². The number of nitrogen functional groups attached to an aromatic ring is 1. The van der Waals surface area contributed by atoms with Crippen molar-refractivity contribution in [3.8, 4) is 0 Å². The van der Waals surface area contributed by atoms with Crippen molar-refractivity contribution in [3.63, 3.8) is 0 Å². The minimum Gasteiger partial charge on any atom is -0.392 e. The van der Waals surface area contributed by atoms with Crippen molar-refractivity contribution < 1.29 is 9.72 Å². The number of halogens is 1. The summed E-state index contributed by atoms with van der Waals surface area (Å²) in [6.45, 7) is 4.79. The van der Waals surface area contributed by atoms with Crippen LogP contribution in [0.1, 0.15) is 37.0 Å². The SMILES string of the molecule is CC(C)C1CCCN1C(=O)c1cc(Cl)c(N)c([N+](=O)[O-])c1. The largest absolute Gasteiger partial charge is 0.392 e. The molecular formula is C14H18ClN3O3. The van der Waals surface area contributed by atoms with Crippen LogP contribution in [0.15, 0.2) is 12.1 Å². The van der Waals surface area contributed by atoms with Crippen LogP contribution in [0.2, 0.25) is 5.02 Å². The first-order valence-electron chi connectivity index (χ1n) is 6.87. The Hall–Kier alpha value is -1.82. The molecule has 0 radical (unpaired) electrons. The van der Waals surface area contributed by atoms with Gasteiger partial charge in [0.2, 0.25) is 0 Å². The molecule has 1 aliphatic rings. The van der Waals surface area contributed by atoms with Gasteiger partial charge in [0.25, 0.3) is 11.6 Å². The summed E-state index contributed by atoms with van der Waals surface area (Å²) in [5.74, 6) is 0.117. The molecule has 0 aliphatic carbocycles. The van der Waals surface area contributed by atoms with Crippen LogP contribution in [-0.2, 0) is 0 Å². The number of carbonyl (C=O) groups is 1. The summed E-state index contributed by atoms with van der Waals surface area (Å²) >= 11 is 5.91. The maximum atomic E-state index is 12.6. The molecule has 1 amide bonds. The highest BCUT2D eigenvalue weighted by atomic mass is 35.5. The molecule has 2 rings (SSSR count). The third-order valence-corrected chi connectivity index (χ3v) is 4.19. The van der Waals surface area contributed by atoms with E-state index in [0.717, 1.165) is 12.8 Å². The second-order valence-corrected chi connectivity index (χ2v) is 6.01. The van der Waals surface area contributed by atoms with Crippen molar-refractivity contribution in [2.24, 2.45) is 5.92 Å². The molecule has 114 valence electrons. The first-order chi connectivity index (χ1) is 9.82. The number of nitrogens with zero attached hydrogens (tertiary/aromatic N) is 2. The number of nitro groups is 1. The molecule has 1 aromatic rings. The molecule has 2 N–H and O–H groups in total. The minimum atomic E-state index is -0.623. The second kappa shape index (κ2) is 5.89. The standard InChI is InChI=1S/C14H18ClN3O3/c1-8(2)11-4-3-5-17(11)14(19)9-6-10(15)13(16)12(7-9)18(20)21/h6-8,11H,3-5,16H2,1-2H3. The van der Waals surface area contributed by atoms with E-state index in [2.05, 4.69) is 13.8 Å². The fourth-order valence-electron chi connectivity index (χ4n) is 2.78. The Morgan fingerprint density at radius 2 is 2.19 bits per heavy atom. The van der Waals surface area contributed by atoms with Crippen LogP contribution in [0.4, 0.5) is 11.4 Å². The van der Waals surface area contributed by atoms with Crippen LogP contribution in [0, 0.1) is 16.0 Å². The van der Waals surface area contributed by atoms with Gasteiger partial charge < -0.3 is 10.6 Å². The maximum Gasteiger partial charge on any atom is 0.294 e. The van der Waals surface area contributed by atoms with Crippen LogP contribution >= 0.6 is 11.6 Å². The van der Waals surface area contributed by atoms with Gasteiger partial charge >= 0.3 is 0 Å². The summed E-state index contributed by atoms with van der Waals surface area (Å²) in [5, 5.41) is 11.0. The molecule has 0 aromatic heterocycles. The van der Waals surface area contributed by atoms with Gasteiger partial charge in [-0.15, -0.1) is 0 Å². The quantitative estimate of drug-likeness (QED) is 0.527. The van der Waals surface area contributed by atoms with E-state index in [1.54, 1.807) is 4.90 Å². The van der Waals surface area contributed by atoms with Crippen LogP contribution < -0.4 is 5.73 Å². The molecule has 1 saturated heterocycles. The van der Waals surface area contributed by atoms with Crippen molar-refractivity contribution in [3.05, 3.63) is 32.8 Å². The fraction of sp³-hybridized carbons (Fsp3) is 0.500. The average molecular weight is 312 g/mol. The molecule has 6 nitrogen and oxygen atoms in total. The predicted octanol–water partition coefficient (Wildman–Crippen LogP) is 3.09. The van der Waals surface area contributed by atoms with Gasteiger partial charge in [-0.1, -0.05) is 25.4 Å². The smallest absolute Gasteiger partial charge is 0.294 e. The van der Waals surface area contributed by atoms with Crippen LogP contribution in [0.5, 0.6) is 0 Å². The number of anilines is 1. The van der Waals surface area contributed by atoms with Gasteiger partial charge in [-0.25, -0.2) is 0 Å². The average Bonchev–Trinajstić information content (AvgIpc) is 2.89. The molecule has 1 unspecified atom stereocenters. The third kappa shape index (κ3) is 2.95. The topological polar surface area (TPSA) is 89.5 Å². The van der Waals surface area contributed by atoms with Gasteiger partial charge in [0, 0.05) is 24.2 Å². The highest BCUT2D eigenvalue weighted by Crippen LogP contribution is 2.33. The van der Waals surface area contributed by atoms with Crippen molar-refractivity contribution in [2.45, 2.75) is 32.7 Å². The molecule has 0 saturated carbocycles. The molecule has 1 aromatic carbocycles. The molecule has 21 heavy (non-hydrogen) atoms. The van der Waals surface area contributed by atoms with Crippen LogP contribution in [0.25, 0.3) is 0 Å². The van der Waals surface area contributed by atoms with Crippen LogP contribution in [0.3, 0.4) is 0 Å². The van der Waals surface area contributed by atoms with Gasteiger partial charge in [-0.2, -0.15) is 0 Å². The Kier molecular flexibility index (Phi) is 4.37. The monoisotopic (exact) mass is 311 g/mol. The summed E-state index contributed by atoms with van der Waals surface area (Å²) in [4.78, 5) is 24.7. The van der Waals surface area contributed by atoms with Gasteiger partial charge in [0.05, 0.1) is 9.95 Å². The van der Waals surface area contributed by atoms with Crippen molar-refractivity contribution in [1.82, 2.24) is 4.90 Å². The normalized spacial score (nSPS) is 18.3. The number of carbonyl (C=O) groups excluding carboxylic acids is 1. The number of amides is 1. The fourth-order valence-corrected chi connectivity index (χ4v) is 3.00. The Balaban J connectivity index is 2.38. The molecule has 0 spiro atoms. The van der Waals surface area contributed by atoms with E-state index >= 15 is 0 Å². The van der Waals surface area contributed by atoms with E-state index in [-0.39, 0.29) is 33.9 Å². The minimum absolute atomic E-state index is 0.0350. The second-order valence-electron chi connectivity index (χ2n) is 5.60. The van der Waals surface area contributed by atoms with Crippen molar-refractivity contribution in [1.29, 1.82) is 0 Å². The molecule has 0 bridgehead atoms. The number of hydrogen-bond donors (Lipinski definition) is 1. The zero-order valence-corrected chi connectivity index (χ0v) is 12.8. The summed E-state index contributed by atoms with van der Waals surface area (Å²) < 4.78 is 0. The Morgan fingerprint density at radius 1 is 1.52 bits per heavy atom. The summed E-state index contributed by atoms with van der Waals surface area (Å²) in [6, 6.07) is 2.77. The number of hydrogen-bond acceptors (Lipinski definition) is 4. The summed E-state index contributed by atoms with van der Waals surface area (Å²) in [6.07, 6.45) is 1.90. The zero-order chi connectivity index (χ0) is 15.7. The zero-order valence-electron chi connectivity index (χ0n) is 12.0. The van der Waals surface area contributed by atoms with E-state index < -0.39 is 4.92 Å². The number of rotatable bonds is 3. The Bertz CT molecular complexity index is 589. The highest BCUT2D eigenvalue weighted by molar-refractivity contribution is 6.34. The van der Waals surface area contributed by atoms with E-state index in [1.165, 1.54) is 12.1 Å². The lowest BCUT2D eigenvalue weighted by molar-refractivity contribution is -0.383. The van der Waals surface area contributed by atoms with Crippen molar-refractivity contribution in [2.75, 3.05) is 12.3 Å². The lowest BCUT2D eigenvalue weighted by Gasteiger charge is -2.27. The molecule has 1 aliphatic heterocycles. The van der Waals surface area contributed by atoms with Gasteiger partial charge in [-0.3, -0.25) is 14.9 Å². The van der Waals surface area contributed by atoms with E-state index in [0.29, 0.717) is 12.5 Å². The Morgan fingerprint density at radius 3 is 2.76 bits per heavy atom. The number of nitrogens with two attached hydrogens (primary N) is 1. The predicted molar refractivity (Wildman–Crippen MR) is 81.4 cm³/mol. The summed E-state index contributed by atoms with van der Waals surface area (Å²) in [7, 11) is 0. The number of likely N-dealkylation sites (tertiary alicyclic amines) is 1.